The van der Waals surface area contributed by atoms with Gasteiger partial charge in [0.15, 0.2) is 0 Å². The van der Waals surface area contributed by atoms with Crippen LogP contribution in [0, 0.1) is 6.92 Å². The van der Waals surface area contributed by atoms with Gasteiger partial charge in [-0.2, -0.15) is 5.10 Å². The quantitative estimate of drug-likeness (QED) is 0.929. The van der Waals surface area contributed by atoms with Crippen LogP contribution in [0.4, 0.5) is 0 Å². The van der Waals surface area contributed by atoms with Gasteiger partial charge in [0, 0.05) is 12.2 Å². The highest BCUT2D eigenvalue weighted by Crippen LogP contribution is 2.30. The zero-order chi connectivity index (χ0) is 16.4. The van der Waals surface area contributed by atoms with Crippen LogP contribution in [-0.2, 0) is 4.79 Å². The number of hydrogen-bond acceptors (Lipinski definition) is 3. The van der Waals surface area contributed by atoms with Gasteiger partial charge in [0.1, 0.15) is 6.04 Å². The summed E-state index contributed by atoms with van der Waals surface area (Å²) in [5.74, 6) is -1.09. The summed E-state index contributed by atoms with van der Waals surface area (Å²) < 4.78 is 1.98. The van der Waals surface area contributed by atoms with E-state index in [-0.39, 0.29) is 5.91 Å². The molecule has 1 amide bonds. The largest absolute Gasteiger partial charge is 0.480 e. The van der Waals surface area contributed by atoms with Crippen molar-refractivity contribution in [3.8, 4) is 0 Å². The zero-order valence-electron chi connectivity index (χ0n) is 13.7. The lowest BCUT2D eigenvalue weighted by molar-refractivity contribution is -0.143. The minimum absolute atomic E-state index is 0.184. The average Bonchev–Trinajstić information content (AvgIpc) is 2.96. The minimum atomic E-state index is -0.907. The first-order valence-corrected chi connectivity index (χ1v) is 8.67. The molecule has 1 aliphatic heterocycles. The van der Waals surface area contributed by atoms with Gasteiger partial charge in [0.25, 0.3) is 5.91 Å². The molecule has 2 heterocycles. The molecular weight excluding hydrogens is 294 g/mol. The second-order valence-corrected chi connectivity index (χ2v) is 6.73. The first kappa shape index (κ1) is 16.0. The Labute approximate surface area is 136 Å². The molecule has 1 N–H and O–H groups in total. The highest BCUT2D eigenvalue weighted by molar-refractivity contribution is 5.97. The van der Waals surface area contributed by atoms with Gasteiger partial charge < -0.3 is 10.0 Å². The van der Waals surface area contributed by atoms with Gasteiger partial charge >= 0.3 is 5.97 Å². The van der Waals surface area contributed by atoms with E-state index in [1.807, 2.05) is 11.6 Å². The maximum atomic E-state index is 12.8. The Balaban J connectivity index is 1.82. The van der Waals surface area contributed by atoms with Gasteiger partial charge in [-0.1, -0.05) is 19.3 Å². The van der Waals surface area contributed by atoms with Gasteiger partial charge in [-0.25, -0.2) is 4.79 Å². The Morgan fingerprint density at radius 2 is 1.83 bits per heavy atom. The number of amides is 1. The van der Waals surface area contributed by atoms with Crippen molar-refractivity contribution in [1.82, 2.24) is 14.7 Å². The molecule has 0 radical (unpaired) electrons. The van der Waals surface area contributed by atoms with Crippen LogP contribution in [0.2, 0.25) is 0 Å². The molecule has 1 saturated carbocycles. The summed E-state index contributed by atoms with van der Waals surface area (Å²) in [6, 6.07) is -0.324. The van der Waals surface area contributed by atoms with Crippen molar-refractivity contribution >= 4 is 11.9 Å². The molecule has 1 aromatic rings. The monoisotopic (exact) mass is 319 g/mol. The maximum absolute atomic E-state index is 12.8. The Kier molecular flexibility index (Phi) is 4.68. The van der Waals surface area contributed by atoms with Gasteiger partial charge in [0.2, 0.25) is 0 Å². The molecule has 6 nitrogen and oxygen atoms in total. The van der Waals surface area contributed by atoms with Crippen molar-refractivity contribution in [1.29, 1.82) is 0 Å². The van der Waals surface area contributed by atoms with Gasteiger partial charge in [-0.15, -0.1) is 0 Å². The second kappa shape index (κ2) is 6.72. The van der Waals surface area contributed by atoms with Crippen LogP contribution in [-0.4, -0.2) is 44.3 Å². The number of carboxylic acids is 1. The average molecular weight is 319 g/mol. The van der Waals surface area contributed by atoms with E-state index in [0.29, 0.717) is 24.6 Å². The SMILES string of the molecule is Cc1c(C(=O)N2CCCCC2C(=O)O)cnn1C1CCCCC1. The van der Waals surface area contributed by atoms with Crippen molar-refractivity contribution in [2.45, 2.75) is 70.4 Å². The molecule has 1 aromatic heterocycles. The standard InChI is InChI=1S/C17H25N3O3/c1-12-14(11-18-20(12)13-7-3-2-4-8-13)16(21)19-10-6-5-9-15(19)17(22)23/h11,13,15H,2-10H2,1H3,(H,22,23). The predicted octanol–water partition coefficient (Wildman–Crippen LogP) is 2.78. The molecule has 1 unspecified atom stereocenters. The van der Waals surface area contributed by atoms with Crippen LogP contribution in [0.25, 0.3) is 0 Å². The van der Waals surface area contributed by atoms with Crippen molar-refractivity contribution in [3.63, 3.8) is 0 Å². The van der Waals surface area contributed by atoms with Gasteiger partial charge in [-0.05, 0) is 39.0 Å². The molecule has 6 heteroatoms. The second-order valence-electron chi connectivity index (χ2n) is 6.73. The summed E-state index contributed by atoms with van der Waals surface area (Å²) in [4.78, 5) is 25.8. The summed E-state index contributed by atoms with van der Waals surface area (Å²) in [6.45, 7) is 2.44. The fourth-order valence-electron chi connectivity index (χ4n) is 3.91. The van der Waals surface area contributed by atoms with Crippen LogP contribution in [0.1, 0.15) is 73.5 Å². The topological polar surface area (TPSA) is 75.4 Å². The van der Waals surface area contributed by atoms with E-state index in [9.17, 15) is 14.7 Å². The van der Waals surface area contributed by atoms with E-state index in [4.69, 9.17) is 0 Å². The van der Waals surface area contributed by atoms with Gasteiger partial charge in [0.05, 0.1) is 17.8 Å². The van der Waals surface area contributed by atoms with E-state index >= 15 is 0 Å². The van der Waals surface area contributed by atoms with Crippen LogP contribution < -0.4 is 0 Å². The Morgan fingerprint density at radius 3 is 2.52 bits per heavy atom. The first-order chi connectivity index (χ1) is 11.1. The third-order valence-corrected chi connectivity index (χ3v) is 5.24. The lowest BCUT2D eigenvalue weighted by Crippen LogP contribution is -2.48. The van der Waals surface area contributed by atoms with Crippen LogP contribution >= 0.6 is 0 Å². The smallest absolute Gasteiger partial charge is 0.326 e. The summed E-state index contributed by atoms with van der Waals surface area (Å²) >= 11 is 0. The Bertz CT molecular complexity index is 590. The fourth-order valence-corrected chi connectivity index (χ4v) is 3.91. The molecule has 1 saturated heterocycles. The first-order valence-electron chi connectivity index (χ1n) is 8.67. The van der Waals surface area contributed by atoms with Crippen LogP contribution in [0.15, 0.2) is 6.20 Å². The summed E-state index contributed by atoms with van der Waals surface area (Å²) in [5, 5.41) is 13.8. The number of likely N-dealkylation sites (tertiary alicyclic amines) is 1. The third-order valence-electron chi connectivity index (χ3n) is 5.24. The van der Waals surface area contributed by atoms with Crippen molar-refractivity contribution in [2.75, 3.05) is 6.54 Å². The molecular formula is C17H25N3O3. The number of nitrogens with zero attached hydrogens (tertiary/aromatic N) is 3. The lowest BCUT2D eigenvalue weighted by Gasteiger charge is -2.33. The maximum Gasteiger partial charge on any atom is 0.326 e. The van der Waals surface area contributed by atoms with Gasteiger partial charge in [-0.3, -0.25) is 9.48 Å². The molecule has 2 aliphatic rings. The van der Waals surface area contributed by atoms with Crippen LogP contribution in [0.3, 0.4) is 0 Å². The van der Waals surface area contributed by atoms with Crippen molar-refractivity contribution < 1.29 is 14.7 Å². The number of rotatable bonds is 3. The number of carbonyl (C=O) groups excluding carboxylic acids is 1. The highest BCUT2D eigenvalue weighted by atomic mass is 16.4. The third kappa shape index (κ3) is 3.12. The van der Waals surface area contributed by atoms with E-state index in [0.717, 1.165) is 31.4 Å². The fraction of sp³-hybridized carbons (Fsp3) is 0.706. The number of aliphatic carboxylic acids is 1. The lowest BCUT2D eigenvalue weighted by atomic mass is 9.95. The summed E-state index contributed by atoms with van der Waals surface area (Å²) in [5.41, 5.74) is 1.43. The number of carboxylic acid groups (broad SMARTS) is 1. The molecule has 1 atom stereocenters. The summed E-state index contributed by atoms with van der Waals surface area (Å²) in [7, 11) is 0. The molecule has 0 aromatic carbocycles. The molecule has 1 aliphatic carbocycles. The van der Waals surface area contributed by atoms with Crippen LogP contribution in [0.5, 0.6) is 0 Å². The molecule has 126 valence electrons. The summed E-state index contributed by atoms with van der Waals surface area (Å²) in [6.07, 6.45) is 9.80. The van der Waals surface area contributed by atoms with E-state index < -0.39 is 12.0 Å². The molecule has 0 bridgehead atoms. The Morgan fingerprint density at radius 1 is 1.13 bits per heavy atom. The highest BCUT2D eigenvalue weighted by Gasteiger charge is 2.34. The van der Waals surface area contributed by atoms with E-state index in [1.165, 1.54) is 24.2 Å². The van der Waals surface area contributed by atoms with E-state index in [2.05, 4.69) is 5.10 Å². The molecule has 3 rings (SSSR count). The van der Waals surface area contributed by atoms with Crippen molar-refractivity contribution in [3.05, 3.63) is 17.5 Å². The number of piperidine rings is 1. The van der Waals surface area contributed by atoms with E-state index in [1.54, 1.807) is 6.20 Å². The molecule has 2 fully saturated rings. The zero-order valence-corrected chi connectivity index (χ0v) is 13.7. The molecule has 23 heavy (non-hydrogen) atoms. The number of carbonyl (C=O) groups is 2. The number of hydrogen-bond donors (Lipinski definition) is 1. The minimum Gasteiger partial charge on any atom is -0.480 e. The molecule has 0 spiro atoms. The normalized spacial score (nSPS) is 23.0. The van der Waals surface area contributed by atoms with Crippen molar-refractivity contribution in [2.24, 2.45) is 0 Å². The Hall–Kier alpha value is -1.85. The predicted molar refractivity (Wildman–Crippen MR) is 85.4 cm³/mol. The number of aromatic nitrogens is 2.